The van der Waals surface area contributed by atoms with Gasteiger partial charge in [0.15, 0.2) is 0 Å². The Labute approximate surface area is 137 Å². The van der Waals surface area contributed by atoms with Crippen LogP contribution in [0, 0.1) is 5.92 Å². The molecular weight excluding hydrogens is 307 g/mol. The van der Waals surface area contributed by atoms with Gasteiger partial charge in [0.1, 0.15) is 0 Å². The van der Waals surface area contributed by atoms with Gasteiger partial charge in [-0.05, 0) is 49.8 Å². The molecule has 1 unspecified atom stereocenters. The van der Waals surface area contributed by atoms with Crippen LogP contribution in [0.1, 0.15) is 48.9 Å². The average molecular weight is 329 g/mol. The fraction of sp³-hybridized carbons (Fsp3) is 0.562. The summed E-state index contributed by atoms with van der Waals surface area (Å²) in [5.74, 6) is 0.762. The number of likely N-dealkylation sites (tertiary alicyclic amines) is 1. The zero-order valence-corrected chi connectivity index (χ0v) is 13.6. The highest BCUT2D eigenvalue weighted by atomic mass is 35.5. The van der Waals surface area contributed by atoms with Crippen molar-refractivity contribution >= 4 is 35.6 Å². The van der Waals surface area contributed by atoms with Crippen LogP contribution in [0.4, 0.5) is 5.69 Å². The highest BCUT2D eigenvalue weighted by Crippen LogP contribution is 2.36. The number of hydrogen-bond acceptors (Lipinski definition) is 2. The van der Waals surface area contributed by atoms with E-state index in [1.807, 2.05) is 4.90 Å². The minimum absolute atomic E-state index is 0. The SMILES string of the molecule is Cl.Nc1ccc(C(=O)N2CCCC2C2CCCC2)c(Cl)c1. The van der Waals surface area contributed by atoms with E-state index in [0.717, 1.165) is 19.4 Å². The molecule has 0 radical (unpaired) electrons. The molecule has 0 spiro atoms. The van der Waals surface area contributed by atoms with Crippen molar-refractivity contribution in [2.24, 2.45) is 5.92 Å². The summed E-state index contributed by atoms with van der Waals surface area (Å²) in [5.41, 5.74) is 6.88. The Morgan fingerprint density at radius 3 is 2.57 bits per heavy atom. The number of carbonyl (C=O) groups is 1. The molecule has 1 amide bonds. The van der Waals surface area contributed by atoms with E-state index >= 15 is 0 Å². The van der Waals surface area contributed by atoms with E-state index in [4.69, 9.17) is 17.3 Å². The van der Waals surface area contributed by atoms with Crippen LogP contribution in [0.15, 0.2) is 18.2 Å². The topological polar surface area (TPSA) is 46.3 Å². The molecule has 3 nitrogen and oxygen atoms in total. The van der Waals surface area contributed by atoms with E-state index in [1.54, 1.807) is 18.2 Å². The lowest BCUT2D eigenvalue weighted by molar-refractivity contribution is 0.0689. The van der Waals surface area contributed by atoms with Gasteiger partial charge in [0.25, 0.3) is 5.91 Å². The van der Waals surface area contributed by atoms with Gasteiger partial charge in [-0.15, -0.1) is 12.4 Å². The van der Waals surface area contributed by atoms with Crippen molar-refractivity contribution in [3.05, 3.63) is 28.8 Å². The fourth-order valence-electron chi connectivity index (χ4n) is 3.74. The van der Waals surface area contributed by atoms with Gasteiger partial charge in [-0.3, -0.25) is 4.79 Å². The molecule has 1 saturated heterocycles. The number of benzene rings is 1. The molecule has 1 heterocycles. The van der Waals surface area contributed by atoms with Crippen LogP contribution in [-0.2, 0) is 0 Å². The molecule has 1 saturated carbocycles. The lowest BCUT2D eigenvalue weighted by Crippen LogP contribution is -2.39. The first kappa shape index (κ1) is 16.4. The van der Waals surface area contributed by atoms with Crippen molar-refractivity contribution in [3.63, 3.8) is 0 Å². The summed E-state index contributed by atoms with van der Waals surface area (Å²) in [7, 11) is 0. The second kappa shape index (κ2) is 6.89. The maximum absolute atomic E-state index is 12.7. The second-order valence-corrected chi connectivity index (χ2v) is 6.40. The highest BCUT2D eigenvalue weighted by molar-refractivity contribution is 6.34. The zero-order valence-electron chi connectivity index (χ0n) is 12.1. The molecular formula is C16H22Cl2N2O. The molecule has 1 aliphatic heterocycles. The van der Waals surface area contributed by atoms with Gasteiger partial charge in [-0.2, -0.15) is 0 Å². The van der Waals surface area contributed by atoms with Crippen LogP contribution in [0.3, 0.4) is 0 Å². The third-order valence-electron chi connectivity index (χ3n) is 4.73. The maximum Gasteiger partial charge on any atom is 0.255 e. The van der Waals surface area contributed by atoms with E-state index in [1.165, 1.54) is 25.7 Å². The quantitative estimate of drug-likeness (QED) is 0.829. The number of nitrogen functional groups attached to an aromatic ring is 1. The van der Waals surface area contributed by atoms with Gasteiger partial charge in [0.05, 0.1) is 10.6 Å². The van der Waals surface area contributed by atoms with Crippen molar-refractivity contribution < 1.29 is 4.79 Å². The molecule has 1 aromatic carbocycles. The lowest BCUT2D eigenvalue weighted by Gasteiger charge is -2.29. The molecule has 1 aliphatic carbocycles. The molecule has 1 atom stereocenters. The molecule has 2 N–H and O–H groups in total. The van der Waals surface area contributed by atoms with Crippen molar-refractivity contribution in [1.29, 1.82) is 0 Å². The van der Waals surface area contributed by atoms with Gasteiger partial charge < -0.3 is 10.6 Å². The monoisotopic (exact) mass is 328 g/mol. The largest absolute Gasteiger partial charge is 0.399 e. The van der Waals surface area contributed by atoms with Crippen molar-refractivity contribution in [2.45, 2.75) is 44.6 Å². The Hall–Kier alpha value is -0.930. The van der Waals surface area contributed by atoms with Crippen molar-refractivity contribution in [2.75, 3.05) is 12.3 Å². The van der Waals surface area contributed by atoms with Crippen LogP contribution in [0.25, 0.3) is 0 Å². The second-order valence-electron chi connectivity index (χ2n) is 5.99. The summed E-state index contributed by atoms with van der Waals surface area (Å²) in [6.45, 7) is 0.862. The van der Waals surface area contributed by atoms with Crippen LogP contribution in [0.2, 0.25) is 5.02 Å². The smallest absolute Gasteiger partial charge is 0.255 e. The number of rotatable bonds is 2. The summed E-state index contributed by atoms with van der Waals surface area (Å²) < 4.78 is 0. The normalized spacial score (nSPS) is 22.3. The predicted octanol–water partition coefficient (Wildman–Crippen LogP) is 4.14. The van der Waals surface area contributed by atoms with Crippen LogP contribution in [-0.4, -0.2) is 23.4 Å². The van der Waals surface area contributed by atoms with Crippen LogP contribution >= 0.6 is 24.0 Å². The Morgan fingerprint density at radius 2 is 1.90 bits per heavy atom. The van der Waals surface area contributed by atoms with E-state index in [2.05, 4.69) is 0 Å². The number of halogens is 2. The summed E-state index contributed by atoms with van der Waals surface area (Å²) in [5, 5.41) is 0.465. The van der Waals surface area contributed by atoms with E-state index in [-0.39, 0.29) is 18.3 Å². The van der Waals surface area contributed by atoms with Gasteiger partial charge in [-0.25, -0.2) is 0 Å². The molecule has 1 aromatic rings. The first-order valence-corrected chi connectivity index (χ1v) is 7.90. The summed E-state index contributed by atoms with van der Waals surface area (Å²) >= 11 is 6.18. The van der Waals surface area contributed by atoms with Crippen molar-refractivity contribution in [1.82, 2.24) is 4.90 Å². The number of amides is 1. The number of nitrogens with two attached hydrogens (primary N) is 1. The molecule has 3 rings (SSSR count). The van der Waals surface area contributed by atoms with E-state index in [9.17, 15) is 4.79 Å². The molecule has 21 heavy (non-hydrogen) atoms. The minimum Gasteiger partial charge on any atom is -0.399 e. The van der Waals surface area contributed by atoms with Gasteiger partial charge in [0, 0.05) is 18.3 Å². The summed E-state index contributed by atoms with van der Waals surface area (Å²) in [6.07, 6.45) is 7.41. The predicted molar refractivity (Wildman–Crippen MR) is 89.1 cm³/mol. The maximum atomic E-state index is 12.7. The van der Waals surface area contributed by atoms with E-state index < -0.39 is 0 Å². The number of anilines is 1. The third-order valence-corrected chi connectivity index (χ3v) is 5.04. The molecule has 0 bridgehead atoms. The average Bonchev–Trinajstić information content (AvgIpc) is 3.09. The van der Waals surface area contributed by atoms with Crippen LogP contribution in [0.5, 0.6) is 0 Å². The van der Waals surface area contributed by atoms with E-state index in [0.29, 0.717) is 28.2 Å². The highest BCUT2D eigenvalue weighted by Gasteiger charge is 2.36. The Morgan fingerprint density at radius 1 is 1.19 bits per heavy atom. The molecule has 116 valence electrons. The van der Waals surface area contributed by atoms with Gasteiger partial charge in [-0.1, -0.05) is 24.4 Å². The Kier molecular flexibility index (Phi) is 5.39. The summed E-state index contributed by atoms with van der Waals surface area (Å²) in [4.78, 5) is 14.8. The minimum atomic E-state index is 0. The molecule has 0 aromatic heterocycles. The summed E-state index contributed by atoms with van der Waals surface area (Å²) in [6, 6.07) is 5.58. The number of hydrogen-bond donors (Lipinski definition) is 1. The molecule has 2 aliphatic rings. The number of carbonyl (C=O) groups excluding carboxylic acids is 1. The van der Waals surface area contributed by atoms with Crippen LogP contribution < -0.4 is 5.73 Å². The van der Waals surface area contributed by atoms with Gasteiger partial charge in [0.2, 0.25) is 0 Å². The zero-order chi connectivity index (χ0) is 14.1. The third kappa shape index (κ3) is 3.29. The van der Waals surface area contributed by atoms with Crippen molar-refractivity contribution in [3.8, 4) is 0 Å². The molecule has 2 fully saturated rings. The first-order valence-electron chi connectivity index (χ1n) is 7.53. The number of nitrogens with zero attached hydrogens (tertiary/aromatic N) is 1. The first-order chi connectivity index (χ1) is 9.66. The van der Waals surface area contributed by atoms with Gasteiger partial charge >= 0.3 is 0 Å². The standard InChI is InChI=1S/C16H21ClN2O.ClH/c17-14-10-12(18)7-8-13(14)16(20)19-9-3-6-15(19)11-4-1-2-5-11;/h7-8,10-11,15H,1-6,9,18H2;1H. The Bertz CT molecular complexity index is 515. The Balaban J connectivity index is 0.00000161. The molecule has 5 heteroatoms. The lowest BCUT2D eigenvalue weighted by atomic mass is 9.95. The fourth-order valence-corrected chi connectivity index (χ4v) is 4.01.